The molecule has 0 saturated heterocycles. The topological polar surface area (TPSA) is 57.2 Å². The van der Waals surface area contributed by atoms with Gasteiger partial charge < -0.3 is 24.1 Å². The van der Waals surface area contributed by atoms with Gasteiger partial charge in [-0.05, 0) is 52.9 Å². The summed E-state index contributed by atoms with van der Waals surface area (Å²) >= 11 is 0. The molecule has 5 nitrogen and oxygen atoms in total. The van der Waals surface area contributed by atoms with E-state index in [0.717, 1.165) is 65.6 Å². The van der Waals surface area contributed by atoms with Gasteiger partial charge in [0.1, 0.15) is 17.2 Å². The molecular formula is C46H43O5P. The maximum Gasteiger partial charge on any atom is 0.189 e. The van der Waals surface area contributed by atoms with Crippen LogP contribution in [0.3, 0.4) is 0 Å². The van der Waals surface area contributed by atoms with E-state index >= 15 is 0 Å². The third-order valence-corrected chi connectivity index (χ3v) is 11.6. The van der Waals surface area contributed by atoms with Crippen molar-refractivity contribution < 1.29 is 24.1 Å². The van der Waals surface area contributed by atoms with Crippen molar-refractivity contribution in [3.05, 3.63) is 168 Å². The first-order valence-corrected chi connectivity index (χ1v) is 18.9. The Morgan fingerprint density at radius 2 is 0.942 bits per heavy atom. The molecule has 0 bridgehead atoms. The van der Waals surface area contributed by atoms with Crippen molar-refractivity contribution >= 4 is 45.4 Å². The highest BCUT2D eigenvalue weighted by Gasteiger charge is 2.31. The third kappa shape index (κ3) is 7.83. The van der Waals surface area contributed by atoms with Gasteiger partial charge in [-0.2, -0.15) is 0 Å². The molecule has 0 fully saturated rings. The first kappa shape index (κ1) is 35.2. The number of hydrogen-bond acceptors (Lipinski definition) is 5. The number of aromatic hydroxyl groups is 1. The molecule has 0 aliphatic rings. The Morgan fingerprint density at radius 3 is 1.42 bits per heavy atom. The van der Waals surface area contributed by atoms with Gasteiger partial charge in [-0.1, -0.05) is 160 Å². The van der Waals surface area contributed by atoms with E-state index in [9.17, 15) is 5.11 Å². The molecule has 52 heavy (non-hydrogen) atoms. The van der Waals surface area contributed by atoms with E-state index in [1.54, 1.807) is 0 Å². The summed E-state index contributed by atoms with van der Waals surface area (Å²) in [6, 6.07) is 51.2. The van der Waals surface area contributed by atoms with Crippen LogP contribution in [0.15, 0.2) is 152 Å². The van der Waals surface area contributed by atoms with Crippen molar-refractivity contribution in [3.63, 3.8) is 0 Å². The maximum atomic E-state index is 12.2. The summed E-state index contributed by atoms with van der Waals surface area (Å²) in [7, 11) is -1.46. The van der Waals surface area contributed by atoms with Crippen molar-refractivity contribution in [3.8, 4) is 17.2 Å². The SMILES string of the molecule is CC(C)(C)c1cccc(P(c2ccc3ccccc3c2OCOCc2ccccc2)c2ccc3ccccc3c2OCOCc2ccccc2)c1O. The summed E-state index contributed by atoms with van der Waals surface area (Å²) < 4.78 is 25.5. The molecule has 0 unspecified atom stereocenters. The van der Waals surface area contributed by atoms with Crippen molar-refractivity contribution in [2.24, 2.45) is 0 Å². The van der Waals surface area contributed by atoms with Gasteiger partial charge in [-0.3, -0.25) is 0 Å². The summed E-state index contributed by atoms with van der Waals surface area (Å²) in [6.07, 6.45) is 0. The molecule has 0 amide bonds. The highest BCUT2D eigenvalue weighted by Crippen LogP contribution is 2.47. The van der Waals surface area contributed by atoms with Crippen LogP contribution in [0, 0.1) is 0 Å². The number of rotatable bonds is 13. The minimum absolute atomic E-state index is 0.0570. The van der Waals surface area contributed by atoms with Crippen molar-refractivity contribution in [2.45, 2.75) is 39.4 Å². The molecule has 6 heteroatoms. The zero-order valence-corrected chi connectivity index (χ0v) is 30.7. The molecule has 0 aromatic heterocycles. The number of phenols is 1. The Balaban J connectivity index is 1.37. The number of phenolic OH excluding ortho intramolecular Hbond substituents is 1. The first-order chi connectivity index (χ1) is 25.4. The summed E-state index contributed by atoms with van der Waals surface area (Å²) in [5.41, 5.74) is 2.73. The minimum atomic E-state index is -1.46. The van der Waals surface area contributed by atoms with Gasteiger partial charge in [-0.15, -0.1) is 0 Å². The molecule has 7 rings (SSSR count). The monoisotopic (exact) mass is 706 g/mol. The van der Waals surface area contributed by atoms with E-state index < -0.39 is 7.92 Å². The number of benzene rings is 7. The fraction of sp³-hybridized carbons (Fsp3) is 0.174. The highest BCUT2D eigenvalue weighted by atomic mass is 31.1. The second-order valence-electron chi connectivity index (χ2n) is 13.7. The molecule has 0 aliphatic carbocycles. The Bertz CT molecular complexity index is 2130. The van der Waals surface area contributed by atoms with Crippen molar-refractivity contribution in [1.29, 1.82) is 0 Å². The zero-order valence-electron chi connectivity index (χ0n) is 29.8. The molecule has 1 N–H and O–H groups in total. The van der Waals surface area contributed by atoms with Gasteiger partial charge in [0.05, 0.1) is 13.2 Å². The molecule has 0 heterocycles. The van der Waals surface area contributed by atoms with Crippen LogP contribution in [0.1, 0.15) is 37.5 Å². The standard InChI is InChI=1S/C46H43O5P/c1-46(2,3)39-23-14-24-40(43(39)47)52(41-27-25-35-19-10-12-21-37(35)44(41)50-31-48-29-33-15-6-4-7-16-33)42-28-26-36-20-11-13-22-38(36)45(42)51-32-49-30-34-17-8-5-9-18-34/h4-28,47H,29-32H2,1-3H3. The largest absolute Gasteiger partial charge is 0.507 e. The fourth-order valence-electron chi connectivity index (χ4n) is 6.49. The molecule has 0 atom stereocenters. The van der Waals surface area contributed by atoms with Crippen LogP contribution in [0.25, 0.3) is 21.5 Å². The number of para-hydroxylation sites is 1. The number of ether oxygens (including phenoxy) is 4. The second-order valence-corrected chi connectivity index (χ2v) is 15.8. The van der Waals surface area contributed by atoms with Crippen LogP contribution in [0.5, 0.6) is 17.2 Å². The maximum absolute atomic E-state index is 12.2. The normalized spacial score (nSPS) is 11.7. The summed E-state index contributed by atoms with van der Waals surface area (Å²) in [5, 5.41) is 18.9. The van der Waals surface area contributed by atoms with Crippen LogP contribution < -0.4 is 25.4 Å². The van der Waals surface area contributed by atoms with Crippen LogP contribution in [-0.2, 0) is 28.1 Å². The molecule has 0 radical (unpaired) electrons. The van der Waals surface area contributed by atoms with E-state index in [-0.39, 0.29) is 24.8 Å². The van der Waals surface area contributed by atoms with Gasteiger partial charge in [0.25, 0.3) is 0 Å². The quantitative estimate of drug-likeness (QED) is 0.0735. The van der Waals surface area contributed by atoms with Gasteiger partial charge in [0.2, 0.25) is 0 Å². The average Bonchev–Trinajstić information content (AvgIpc) is 3.17. The lowest BCUT2D eigenvalue weighted by Gasteiger charge is -2.29. The van der Waals surface area contributed by atoms with Crippen molar-refractivity contribution in [2.75, 3.05) is 13.6 Å². The van der Waals surface area contributed by atoms with E-state index in [4.69, 9.17) is 18.9 Å². The lowest BCUT2D eigenvalue weighted by Crippen LogP contribution is -2.26. The minimum Gasteiger partial charge on any atom is -0.507 e. The van der Waals surface area contributed by atoms with Gasteiger partial charge in [0, 0.05) is 26.7 Å². The van der Waals surface area contributed by atoms with E-state index in [2.05, 4.69) is 69.3 Å². The Labute approximate surface area is 307 Å². The average molecular weight is 707 g/mol. The van der Waals surface area contributed by atoms with Gasteiger partial charge in [-0.25, -0.2) is 0 Å². The Morgan fingerprint density at radius 1 is 0.481 bits per heavy atom. The second kappa shape index (κ2) is 16.0. The molecule has 0 spiro atoms. The molecule has 262 valence electrons. The van der Waals surface area contributed by atoms with E-state index in [1.807, 2.05) is 103 Å². The summed E-state index contributed by atoms with van der Waals surface area (Å²) in [4.78, 5) is 0. The third-order valence-electron chi connectivity index (χ3n) is 9.06. The summed E-state index contributed by atoms with van der Waals surface area (Å²) in [5.74, 6) is 1.72. The molecule has 7 aromatic carbocycles. The van der Waals surface area contributed by atoms with Gasteiger partial charge in [0.15, 0.2) is 13.6 Å². The van der Waals surface area contributed by atoms with Gasteiger partial charge >= 0.3 is 0 Å². The lowest BCUT2D eigenvalue weighted by molar-refractivity contribution is 0.00645. The van der Waals surface area contributed by atoms with Crippen molar-refractivity contribution in [1.82, 2.24) is 0 Å². The van der Waals surface area contributed by atoms with E-state index in [0.29, 0.717) is 13.2 Å². The number of hydrogen-bond donors (Lipinski definition) is 1. The fourth-order valence-corrected chi connectivity index (χ4v) is 9.06. The van der Waals surface area contributed by atoms with Crippen LogP contribution in [0.4, 0.5) is 0 Å². The first-order valence-electron chi connectivity index (χ1n) is 17.5. The molecule has 0 saturated carbocycles. The Hall–Kier alpha value is -5.19. The predicted molar refractivity (Wildman–Crippen MR) is 214 cm³/mol. The van der Waals surface area contributed by atoms with Crippen LogP contribution in [-0.4, -0.2) is 18.7 Å². The highest BCUT2D eigenvalue weighted by molar-refractivity contribution is 7.80. The molecule has 7 aromatic rings. The summed E-state index contributed by atoms with van der Waals surface area (Å²) in [6.45, 7) is 7.33. The lowest BCUT2D eigenvalue weighted by atomic mass is 9.86. The zero-order chi connectivity index (χ0) is 35.9. The van der Waals surface area contributed by atoms with E-state index in [1.165, 1.54) is 0 Å². The van der Waals surface area contributed by atoms with Crippen LogP contribution >= 0.6 is 7.92 Å². The smallest absolute Gasteiger partial charge is 0.189 e. The predicted octanol–water partition coefficient (Wildman–Crippen LogP) is 9.86. The van der Waals surface area contributed by atoms with Crippen LogP contribution in [0.2, 0.25) is 0 Å². The Kier molecular flexibility index (Phi) is 10.8. The molecule has 0 aliphatic heterocycles. The number of fused-ring (bicyclic) bond motifs is 2. The molecular weight excluding hydrogens is 663 g/mol.